The number of halogens is 1. The van der Waals surface area contributed by atoms with Gasteiger partial charge in [0.25, 0.3) is 5.91 Å². The molecule has 0 aliphatic carbocycles. The van der Waals surface area contributed by atoms with Crippen LogP contribution in [0.2, 0.25) is 5.02 Å². The Bertz CT molecular complexity index is 1140. The Morgan fingerprint density at radius 2 is 1.93 bits per heavy atom. The lowest BCUT2D eigenvalue weighted by atomic mass is 10.2. The summed E-state index contributed by atoms with van der Waals surface area (Å²) in [6.07, 6.45) is 1.43. The van der Waals surface area contributed by atoms with E-state index >= 15 is 0 Å². The van der Waals surface area contributed by atoms with Crippen molar-refractivity contribution in [1.82, 2.24) is 19.1 Å². The van der Waals surface area contributed by atoms with E-state index in [4.69, 9.17) is 11.6 Å². The summed E-state index contributed by atoms with van der Waals surface area (Å²) < 4.78 is 28.2. The van der Waals surface area contributed by atoms with Gasteiger partial charge in [-0.05, 0) is 12.1 Å². The lowest BCUT2D eigenvalue weighted by molar-refractivity contribution is 0.101. The molecule has 29 heavy (non-hydrogen) atoms. The number of anilines is 1. The van der Waals surface area contributed by atoms with Gasteiger partial charge in [-0.2, -0.15) is 4.31 Å². The van der Waals surface area contributed by atoms with E-state index in [1.165, 1.54) is 32.5 Å². The van der Waals surface area contributed by atoms with Crippen LogP contribution in [0, 0.1) is 0 Å². The maximum absolute atomic E-state index is 12.7. The average molecular weight is 454 g/mol. The predicted octanol–water partition coefficient (Wildman–Crippen LogP) is 3.48. The third kappa shape index (κ3) is 4.35. The van der Waals surface area contributed by atoms with Crippen LogP contribution < -0.4 is 5.32 Å². The van der Waals surface area contributed by atoms with E-state index in [9.17, 15) is 13.2 Å². The second-order valence-electron chi connectivity index (χ2n) is 6.11. The number of carbonyl (C=O) groups is 1. The Morgan fingerprint density at radius 1 is 1.24 bits per heavy atom. The van der Waals surface area contributed by atoms with E-state index in [1.807, 2.05) is 18.2 Å². The smallest absolute Gasteiger partial charge is 0.274 e. The van der Waals surface area contributed by atoms with E-state index in [1.54, 1.807) is 27.0 Å². The quantitative estimate of drug-likeness (QED) is 0.590. The Hall–Kier alpha value is -2.27. The summed E-state index contributed by atoms with van der Waals surface area (Å²) in [5, 5.41) is 12.1. The highest BCUT2D eigenvalue weighted by Crippen LogP contribution is 2.31. The number of aryl methyl sites for hydroxylation is 1. The molecular formula is C18H20ClN5O3S2. The molecule has 0 spiro atoms. The summed E-state index contributed by atoms with van der Waals surface area (Å²) in [6, 6.07) is 8.57. The summed E-state index contributed by atoms with van der Waals surface area (Å²) in [4.78, 5) is 12.7. The number of carbonyl (C=O) groups excluding carboxylic acids is 1. The molecule has 3 aromatic rings. The fraction of sp³-hybridized carbons (Fsp3) is 0.278. The van der Waals surface area contributed by atoms with Crippen LogP contribution in [0.4, 0.5) is 5.13 Å². The van der Waals surface area contributed by atoms with Crippen molar-refractivity contribution in [2.24, 2.45) is 7.05 Å². The molecule has 154 valence electrons. The van der Waals surface area contributed by atoms with Gasteiger partial charge in [0.2, 0.25) is 15.2 Å². The van der Waals surface area contributed by atoms with Gasteiger partial charge in [0, 0.05) is 31.9 Å². The van der Waals surface area contributed by atoms with Crippen LogP contribution in [-0.2, 0) is 17.1 Å². The number of sulfonamides is 1. The number of nitrogens with one attached hydrogen (secondary N) is 1. The molecule has 2 aromatic heterocycles. The van der Waals surface area contributed by atoms with Crippen LogP contribution in [0.3, 0.4) is 0 Å². The molecule has 0 bridgehead atoms. The van der Waals surface area contributed by atoms with Crippen molar-refractivity contribution in [1.29, 1.82) is 0 Å². The first-order chi connectivity index (χ1) is 13.8. The third-order valence-corrected chi connectivity index (χ3v) is 7.52. The van der Waals surface area contributed by atoms with Crippen molar-refractivity contribution in [3.05, 3.63) is 47.2 Å². The molecule has 1 aromatic carbocycles. The van der Waals surface area contributed by atoms with Gasteiger partial charge in [-0.15, -0.1) is 10.2 Å². The molecule has 0 fully saturated rings. The molecule has 1 amide bonds. The summed E-state index contributed by atoms with van der Waals surface area (Å²) >= 11 is 7.35. The number of benzene rings is 1. The van der Waals surface area contributed by atoms with Crippen molar-refractivity contribution in [3.8, 4) is 10.6 Å². The first-order valence-electron chi connectivity index (χ1n) is 8.84. The van der Waals surface area contributed by atoms with Crippen molar-refractivity contribution in [3.63, 3.8) is 0 Å². The molecule has 0 unspecified atom stereocenters. The van der Waals surface area contributed by atoms with Crippen LogP contribution in [0.5, 0.6) is 0 Å². The molecule has 0 saturated heterocycles. The normalized spacial score (nSPS) is 11.8. The average Bonchev–Trinajstić information content (AvgIpc) is 3.30. The Labute approximate surface area is 178 Å². The number of hydrogen-bond acceptors (Lipinski definition) is 6. The SMILES string of the molecule is CCN(CC)S(=O)(=O)c1cc(C(=O)Nc2nnc(-c3ccccc3Cl)s2)n(C)c1. The van der Waals surface area contributed by atoms with Crippen molar-refractivity contribution in [2.45, 2.75) is 18.7 Å². The fourth-order valence-electron chi connectivity index (χ4n) is 2.79. The Kier molecular flexibility index (Phi) is 6.37. The highest BCUT2D eigenvalue weighted by Gasteiger charge is 2.25. The van der Waals surface area contributed by atoms with Gasteiger partial charge in [-0.25, -0.2) is 8.42 Å². The summed E-state index contributed by atoms with van der Waals surface area (Å²) in [5.41, 5.74) is 0.920. The second kappa shape index (κ2) is 8.62. The van der Waals surface area contributed by atoms with Crippen LogP contribution in [-0.4, -0.2) is 46.5 Å². The standard InChI is InChI=1S/C18H20ClN5O3S2/c1-4-24(5-2)29(26,27)12-10-15(23(3)11-12)16(25)20-18-22-21-17(28-18)13-8-6-7-9-14(13)19/h6-11H,4-5H2,1-3H3,(H,20,22,25). The highest BCUT2D eigenvalue weighted by molar-refractivity contribution is 7.89. The molecule has 0 aliphatic rings. The zero-order chi connectivity index (χ0) is 21.2. The van der Waals surface area contributed by atoms with E-state index in [-0.39, 0.29) is 10.6 Å². The minimum absolute atomic E-state index is 0.0721. The molecule has 0 radical (unpaired) electrons. The van der Waals surface area contributed by atoms with Gasteiger partial charge in [-0.3, -0.25) is 10.1 Å². The number of aromatic nitrogens is 3. The van der Waals surface area contributed by atoms with E-state index in [2.05, 4.69) is 15.5 Å². The number of nitrogens with zero attached hydrogens (tertiary/aromatic N) is 4. The first-order valence-corrected chi connectivity index (χ1v) is 11.5. The fourth-order valence-corrected chi connectivity index (χ4v) is 5.38. The van der Waals surface area contributed by atoms with Crippen LogP contribution in [0.25, 0.3) is 10.6 Å². The van der Waals surface area contributed by atoms with E-state index in [0.717, 1.165) is 5.56 Å². The van der Waals surface area contributed by atoms with Gasteiger partial charge in [0.15, 0.2) is 5.01 Å². The molecule has 8 nitrogen and oxygen atoms in total. The number of hydrogen-bond donors (Lipinski definition) is 1. The summed E-state index contributed by atoms with van der Waals surface area (Å²) in [6.45, 7) is 4.24. The Balaban J connectivity index is 1.82. The topological polar surface area (TPSA) is 97.2 Å². The van der Waals surface area contributed by atoms with Gasteiger partial charge in [-0.1, -0.05) is 55.0 Å². The van der Waals surface area contributed by atoms with Crippen molar-refractivity contribution < 1.29 is 13.2 Å². The van der Waals surface area contributed by atoms with Gasteiger partial charge < -0.3 is 4.57 Å². The predicted molar refractivity (Wildman–Crippen MR) is 114 cm³/mol. The second-order valence-corrected chi connectivity index (χ2v) is 9.43. The maximum Gasteiger partial charge on any atom is 0.274 e. The zero-order valence-electron chi connectivity index (χ0n) is 16.1. The lowest BCUT2D eigenvalue weighted by Gasteiger charge is -2.17. The van der Waals surface area contributed by atoms with Gasteiger partial charge >= 0.3 is 0 Å². The molecule has 2 heterocycles. The first kappa shape index (κ1) is 21.4. The van der Waals surface area contributed by atoms with Crippen LogP contribution in [0.1, 0.15) is 24.3 Å². The number of rotatable bonds is 7. The van der Waals surface area contributed by atoms with Crippen molar-refractivity contribution in [2.75, 3.05) is 18.4 Å². The van der Waals surface area contributed by atoms with Gasteiger partial charge in [0.1, 0.15) is 10.6 Å². The van der Waals surface area contributed by atoms with Gasteiger partial charge in [0.05, 0.1) is 5.02 Å². The largest absolute Gasteiger partial charge is 0.345 e. The minimum Gasteiger partial charge on any atom is -0.345 e. The molecule has 11 heteroatoms. The molecule has 1 N–H and O–H groups in total. The molecule has 3 rings (SSSR count). The van der Waals surface area contributed by atoms with Crippen LogP contribution in [0.15, 0.2) is 41.4 Å². The number of amides is 1. The molecule has 0 atom stereocenters. The molecular weight excluding hydrogens is 434 g/mol. The Morgan fingerprint density at radius 3 is 2.59 bits per heavy atom. The molecule has 0 aliphatic heterocycles. The highest BCUT2D eigenvalue weighted by atomic mass is 35.5. The van der Waals surface area contributed by atoms with E-state index in [0.29, 0.717) is 28.3 Å². The minimum atomic E-state index is -3.65. The van der Waals surface area contributed by atoms with E-state index < -0.39 is 15.9 Å². The zero-order valence-corrected chi connectivity index (χ0v) is 18.5. The maximum atomic E-state index is 12.7. The summed E-state index contributed by atoms with van der Waals surface area (Å²) in [7, 11) is -2.04. The van der Waals surface area contributed by atoms with Crippen LogP contribution >= 0.6 is 22.9 Å². The summed E-state index contributed by atoms with van der Waals surface area (Å²) in [5.74, 6) is -0.477. The van der Waals surface area contributed by atoms with Crippen molar-refractivity contribution >= 4 is 44.0 Å². The monoisotopic (exact) mass is 453 g/mol. The lowest BCUT2D eigenvalue weighted by Crippen LogP contribution is -2.30. The third-order valence-electron chi connectivity index (χ3n) is 4.31. The molecule has 0 saturated carbocycles.